The highest BCUT2D eigenvalue weighted by molar-refractivity contribution is 5.87. The highest BCUT2D eigenvalue weighted by Gasteiger charge is 2.03. The van der Waals surface area contributed by atoms with Crippen molar-refractivity contribution in [3.05, 3.63) is 66.7 Å². The minimum absolute atomic E-state index is 0.239. The first kappa shape index (κ1) is 20.6. The quantitative estimate of drug-likeness (QED) is 0.325. The SMILES string of the molecule is C=CCCCCCCCCOc1ccc(Oc2ccc(C(=O)O)cc2)cc1. The monoisotopic (exact) mass is 368 g/mol. The van der Waals surface area contributed by atoms with Gasteiger partial charge >= 0.3 is 5.97 Å². The van der Waals surface area contributed by atoms with Crippen molar-refractivity contribution in [2.75, 3.05) is 6.61 Å². The zero-order valence-electron chi connectivity index (χ0n) is 15.7. The van der Waals surface area contributed by atoms with Crippen LogP contribution in [0.1, 0.15) is 55.3 Å². The number of hydrogen-bond acceptors (Lipinski definition) is 3. The molecule has 0 aromatic heterocycles. The third kappa shape index (κ3) is 7.99. The summed E-state index contributed by atoms with van der Waals surface area (Å²) >= 11 is 0. The van der Waals surface area contributed by atoms with Gasteiger partial charge in [-0.3, -0.25) is 0 Å². The van der Waals surface area contributed by atoms with Gasteiger partial charge in [0.15, 0.2) is 0 Å². The topological polar surface area (TPSA) is 55.8 Å². The van der Waals surface area contributed by atoms with Crippen molar-refractivity contribution >= 4 is 5.97 Å². The molecule has 0 atom stereocenters. The van der Waals surface area contributed by atoms with Crippen LogP contribution in [0, 0.1) is 0 Å². The molecule has 0 saturated heterocycles. The Kier molecular flexibility index (Phi) is 8.98. The zero-order valence-corrected chi connectivity index (χ0v) is 15.7. The van der Waals surface area contributed by atoms with Crippen molar-refractivity contribution in [3.8, 4) is 17.2 Å². The largest absolute Gasteiger partial charge is 0.494 e. The Hall–Kier alpha value is -2.75. The van der Waals surface area contributed by atoms with Crippen LogP contribution in [0.3, 0.4) is 0 Å². The van der Waals surface area contributed by atoms with Crippen LogP contribution in [-0.4, -0.2) is 17.7 Å². The van der Waals surface area contributed by atoms with Crippen molar-refractivity contribution in [3.63, 3.8) is 0 Å². The van der Waals surface area contributed by atoms with Gasteiger partial charge in [-0.1, -0.05) is 31.8 Å². The highest BCUT2D eigenvalue weighted by Crippen LogP contribution is 2.24. The molecule has 0 unspecified atom stereocenters. The number of ether oxygens (including phenoxy) is 2. The van der Waals surface area contributed by atoms with E-state index < -0.39 is 5.97 Å². The molecule has 1 N–H and O–H groups in total. The average molecular weight is 368 g/mol. The molecule has 0 saturated carbocycles. The van der Waals surface area contributed by atoms with E-state index in [0.717, 1.165) is 25.2 Å². The smallest absolute Gasteiger partial charge is 0.335 e. The van der Waals surface area contributed by atoms with Gasteiger partial charge in [0.25, 0.3) is 0 Å². The fraction of sp³-hybridized carbons (Fsp3) is 0.348. The maximum Gasteiger partial charge on any atom is 0.335 e. The lowest BCUT2D eigenvalue weighted by molar-refractivity contribution is 0.0697. The van der Waals surface area contributed by atoms with Crippen LogP contribution in [0.2, 0.25) is 0 Å². The number of carbonyl (C=O) groups is 1. The van der Waals surface area contributed by atoms with E-state index in [9.17, 15) is 4.79 Å². The standard InChI is InChI=1S/C23H28O4/c1-2-3-4-5-6-7-8-9-18-26-20-14-16-22(17-15-20)27-21-12-10-19(11-13-21)23(24)25/h2,10-17H,1,3-9,18H2,(H,24,25). The van der Waals surface area contributed by atoms with Gasteiger partial charge in [-0.15, -0.1) is 6.58 Å². The minimum atomic E-state index is -0.948. The number of hydrogen-bond donors (Lipinski definition) is 1. The first-order valence-corrected chi connectivity index (χ1v) is 9.54. The van der Waals surface area contributed by atoms with E-state index in [1.165, 1.54) is 44.2 Å². The fourth-order valence-electron chi connectivity index (χ4n) is 2.69. The molecule has 2 aromatic rings. The van der Waals surface area contributed by atoms with Gasteiger partial charge in [0.05, 0.1) is 12.2 Å². The molecule has 0 bridgehead atoms. The molecule has 4 nitrogen and oxygen atoms in total. The van der Waals surface area contributed by atoms with Gasteiger partial charge in [0, 0.05) is 0 Å². The van der Waals surface area contributed by atoms with Crippen LogP contribution in [-0.2, 0) is 0 Å². The summed E-state index contributed by atoms with van der Waals surface area (Å²) in [4.78, 5) is 10.8. The second kappa shape index (κ2) is 11.8. The number of aromatic carboxylic acids is 1. The number of carboxylic acids is 1. The van der Waals surface area contributed by atoms with Crippen LogP contribution in [0.5, 0.6) is 17.2 Å². The number of carboxylic acid groups (broad SMARTS) is 1. The summed E-state index contributed by atoms with van der Waals surface area (Å²) in [6, 6.07) is 13.8. The first-order valence-electron chi connectivity index (χ1n) is 9.54. The summed E-state index contributed by atoms with van der Waals surface area (Å²) < 4.78 is 11.5. The lowest BCUT2D eigenvalue weighted by Gasteiger charge is -2.09. The highest BCUT2D eigenvalue weighted by atomic mass is 16.5. The molecule has 0 heterocycles. The summed E-state index contributed by atoms with van der Waals surface area (Å²) in [6.45, 7) is 4.46. The van der Waals surface area contributed by atoms with Crippen LogP contribution in [0.15, 0.2) is 61.2 Å². The summed E-state index contributed by atoms with van der Waals surface area (Å²) in [5.74, 6) is 1.16. The van der Waals surface area contributed by atoms with Crippen molar-refractivity contribution in [2.45, 2.75) is 44.9 Å². The maximum atomic E-state index is 10.8. The lowest BCUT2D eigenvalue weighted by atomic mass is 10.1. The summed E-state index contributed by atoms with van der Waals surface area (Å²) in [7, 11) is 0. The molecule has 144 valence electrons. The van der Waals surface area contributed by atoms with Gasteiger partial charge in [0.2, 0.25) is 0 Å². The molecule has 0 amide bonds. The third-order valence-electron chi connectivity index (χ3n) is 4.23. The molecular formula is C23H28O4. The molecule has 0 aliphatic heterocycles. The summed E-state index contributed by atoms with van der Waals surface area (Å²) in [6.07, 6.45) is 10.4. The average Bonchev–Trinajstić information content (AvgIpc) is 2.68. The molecule has 0 aliphatic rings. The summed E-state index contributed by atoms with van der Waals surface area (Å²) in [5, 5.41) is 8.90. The van der Waals surface area contributed by atoms with Gasteiger partial charge in [-0.2, -0.15) is 0 Å². The Morgan fingerprint density at radius 1 is 0.815 bits per heavy atom. The number of allylic oxidation sites excluding steroid dienone is 1. The van der Waals surface area contributed by atoms with Crippen molar-refractivity contribution in [1.82, 2.24) is 0 Å². The number of unbranched alkanes of at least 4 members (excludes halogenated alkanes) is 6. The molecule has 2 aromatic carbocycles. The van der Waals surface area contributed by atoms with Gasteiger partial charge < -0.3 is 14.6 Å². The molecule has 0 fully saturated rings. The third-order valence-corrected chi connectivity index (χ3v) is 4.23. The normalized spacial score (nSPS) is 10.4. The molecular weight excluding hydrogens is 340 g/mol. The molecule has 0 aliphatic carbocycles. The molecule has 4 heteroatoms. The van der Waals surface area contributed by atoms with Gasteiger partial charge in [-0.05, 0) is 67.8 Å². The maximum absolute atomic E-state index is 10.8. The van der Waals surface area contributed by atoms with E-state index in [0.29, 0.717) is 11.5 Å². The Morgan fingerprint density at radius 3 is 1.93 bits per heavy atom. The van der Waals surface area contributed by atoms with Gasteiger partial charge in [-0.25, -0.2) is 4.79 Å². The van der Waals surface area contributed by atoms with Crippen molar-refractivity contribution < 1.29 is 19.4 Å². The summed E-state index contributed by atoms with van der Waals surface area (Å²) in [5.41, 5.74) is 0.239. The zero-order chi connectivity index (χ0) is 19.3. The van der Waals surface area contributed by atoms with Crippen molar-refractivity contribution in [2.24, 2.45) is 0 Å². The lowest BCUT2D eigenvalue weighted by Crippen LogP contribution is -1.97. The van der Waals surface area contributed by atoms with E-state index in [-0.39, 0.29) is 5.56 Å². The van der Waals surface area contributed by atoms with E-state index in [1.54, 1.807) is 12.1 Å². The van der Waals surface area contributed by atoms with E-state index >= 15 is 0 Å². The molecule has 0 spiro atoms. The fourth-order valence-corrected chi connectivity index (χ4v) is 2.69. The second-order valence-corrected chi connectivity index (χ2v) is 6.45. The van der Waals surface area contributed by atoms with Crippen LogP contribution < -0.4 is 9.47 Å². The minimum Gasteiger partial charge on any atom is -0.494 e. The number of benzene rings is 2. The van der Waals surface area contributed by atoms with E-state index in [2.05, 4.69) is 6.58 Å². The number of rotatable bonds is 13. The Labute approximate surface area is 161 Å². The molecule has 2 rings (SSSR count). The second-order valence-electron chi connectivity index (χ2n) is 6.45. The predicted molar refractivity (Wildman–Crippen MR) is 108 cm³/mol. The first-order chi connectivity index (χ1) is 13.2. The van der Waals surface area contributed by atoms with Crippen LogP contribution >= 0.6 is 0 Å². The van der Waals surface area contributed by atoms with Crippen LogP contribution in [0.4, 0.5) is 0 Å². The molecule has 0 radical (unpaired) electrons. The Balaban J connectivity index is 1.64. The molecule has 27 heavy (non-hydrogen) atoms. The van der Waals surface area contributed by atoms with E-state index in [1.807, 2.05) is 30.3 Å². The van der Waals surface area contributed by atoms with Crippen LogP contribution in [0.25, 0.3) is 0 Å². The van der Waals surface area contributed by atoms with E-state index in [4.69, 9.17) is 14.6 Å². The Bertz CT molecular complexity index is 689. The van der Waals surface area contributed by atoms with Gasteiger partial charge in [0.1, 0.15) is 17.2 Å². The Morgan fingerprint density at radius 2 is 1.33 bits per heavy atom. The van der Waals surface area contributed by atoms with Crippen molar-refractivity contribution in [1.29, 1.82) is 0 Å². The predicted octanol–water partition coefficient (Wildman–Crippen LogP) is 6.47.